The quantitative estimate of drug-likeness (QED) is 0.755. The van der Waals surface area contributed by atoms with Crippen molar-refractivity contribution in [3.63, 3.8) is 0 Å². The monoisotopic (exact) mass is 208 g/mol. The zero-order valence-corrected chi connectivity index (χ0v) is 9.05. The Morgan fingerprint density at radius 2 is 2.27 bits per heavy atom. The molecule has 1 aromatic heterocycles. The lowest BCUT2D eigenvalue weighted by molar-refractivity contribution is 0.395. The van der Waals surface area contributed by atoms with Crippen LogP contribution >= 0.6 is 0 Å². The number of nitrogens with zero attached hydrogens (tertiary/aromatic N) is 3. The number of methoxy groups -OCH3 is 1. The minimum Gasteiger partial charge on any atom is -0.480 e. The number of hydrogen-bond acceptors (Lipinski definition) is 5. The Morgan fingerprint density at radius 3 is 2.87 bits per heavy atom. The highest BCUT2D eigenvalue weighted by Crippen LogP contribution is 2.21. The molecule has 15 heavy (non-hydrogen) atoms. The molecule has 2 unspecified atom stereocenters. The van der Waals surface area contributed by atoms with E-state index in [0.717, 1.165) is 18.9 Å². The average molecular weight is 208 g/mol. The number of ether oxygens (including phenoxy) is 1. The van der Waals surface area contributed by atoms with Crippen molar-refractivity contribution in [3.8, 4) is 5.88 Å². The van der Waals surface area contributed by atoms with Crippen LogP contribution < -0.4 is 15.4 Å². The van der Waals surface area contributed by atoms with Gasteiger partial charge in [-0.15, -0.1) is 0 Å². The summed E-state index contributed by atoms with van der Waals surface area (Å²) in [6.07, 6.45) is 3.34. The van der Waals surface area contributed by atoms with Crippen LogP contribution in [0.5, 0.6) is 5.88 Å². The number of anilines is 1. The van der Waals surface area contributed by atoms with Gasteiger partial charge in [-0.1, -0.05) is 6.92 Å². The van der Waals surface area contributed by atoms with Crippen LogP contribution in [-0.2, 0) is 0 Å². The third-order valence-electron chi connectivity index (χ3n) is 2.80. The van der Waals surface area contributed by atoms with Gasteiger partial charge < -0.3 is 15.4 Å². The van der Waals surface area contributed by atoms with E-state index in [0.29, 0.717) is 11.8 Å². The smallest absolute Gasteiger partial charge is 0.233 e. The van der Waals surface area contributed by atoms with Crippen molar-refractivity contribution in [3.05, 3.63) is 12.4 Å². The third kappa shape index (κ3) is 2.02. The molecule has 0 aromatic carbocycles. The highest BCUT2D eigenvalue weighted by molar-refractivity contribution is 5.39. The Balaban J connectivity index is 2.16. The van der Waals surface area contributed by atoms with Gasteiger partial charge in [-0.3, -0.25) is 4.98 Å². The molecule has 5 nitrogen and oxygen atoms in total. The second-order valence-electron chi connectivity index (χ2n) is 3.97. The van der Waals surface area contributed by atoms with Crippen molar-refractivity contribution in [2.24, 2.45) is 11.7 Å². The van der Waals surface area contributed by atoms with Crippen LogP contribution in [0.3, 0.4) is 0 Å². The van der Waals surface area contributed by atoms with Crippen LogP contribution in [-0.4, -0.2) is 36.2 Å². The first-order chi connectivity index (χ1) is 7.20. The van der Waals surface area contributed by atoms with Gasteiger partial charge in [0.2, 0.25) is 5.88 Å². The SMILES string of the molecule is COc1cncc(N2CC(C)C(N)C2)n1. The Bertz CT molecular complexity index is 334. The molecule has 2 atom stereocenters. The molecule has 2 N–H and O–H groups in total. The summed E-state index contributed by atoms with van der Waals surface area (Å²) < 4.78 is 5.04. The highest BCUT2D eigenvalue weighted by atomic mass is 16.5. The van der Waals surface area contributed by atoms with Crippen LogP contribution in [0.15, 0.2) is 12.4 Å². The summed E-state index contributed by atoms with van der Waals surface area (Å²) in [5, 5.41) is 0. The molecule has 1 saturated heterocycles. The first-order valence-electron chi connectivity index (χ1n) is 5.07. The topological polar surface area (TPSA) is 64.3 Å². The van der Waals surface area contributed by atoms with Crippen LogP contribution in [0.4, 0.5) is 5.82 Å². The lowest BCUT2D eigenvalue weighted by Crippen LogP contribution is -2.28. The maximum absolute atomic E-state index is 5.96. The molecule has 2 heterocycles. The second-order valence-corrected chi connectivity index (χ2v) is 3.97. The van der Waals surface area contributed by atoms with Crippen molar-refractivity contribution in [1.82, 2.24) is 9.97 Å². The molecule has 2 rings (SSSR count). The van der Waals surface area contributed by atoms with Crippen molar-refractivity contribution in [1.29, 1.82) is 0 Å². The molecule has 0 saturated carbocycles. The summed E-state index contributed by atoms with van der Waals surface area (Å²) in [4.78, 5) is 10.6. The molecule has 0 spiro atoms. The van der Waals surface area contributed by atoms with E-state index in [-0.39, 0.29) is 6.04 Å². The lowest BCUT2D eigenvalue weighted by Gasteiger charge is -2.16. The second kappa shape index (κ2) is 4.02. The average Bonchev–Trinajstić information content (AvgIpc) is 2.59. The summed E-state index contributed by atoms with van der Waals surface area (Å²) in [6.45, 7) is 3.92. The molecule has 5 heteroatoms. The van der Waals surface area contributed by atoms with E-state index in [1.165, 1.54) is 0 Å². The van der Waals surface area contributed by atoms with E-state index in [2.05, 4.69) is 21.8 Å². The summed E-state index contributed by atoms with van der Waals surface area (Å²) in [5.41, 5.74) is 5.96. The molecule has 0 amide bonds. The van der Waals surface area contributed by atoms with Gasteiger partial charge in [0.25, 0.3) is 0 Å². The van der Waals surface area contributed by atoms with Gasteiger partial charge in [0.05, 0.1) is 19.5 Å². The largest absolute Gasteiger partial charge is 0.480 e. The van der Waals surface area contributed by atoms with Crippen LogP contribution in [0, 0.1) is 5.92 Å². The molecule has 1 aromatic rings. The minimum absolute atomic E-state index is 0.220. The fourth-order valence-corrected chi connectivity index (χ4v) is 1.77. The lowest BCUT2D eigenvalue weighted by atomic mass is 10.1. The first kappa shape index (κ1) is 10.2. The number of nitrogens with two attached hydrogens (primary N) is 1. The van der Waals surface area contributed by atoms with E-state index >= 15 is 0 Å². The first-order valence-corrected chi connectivity index (χ1v) is 5.07. The van der Waals surface area contributed by atoms with Crippen LogP contribution in [0.1, 0.15) is 6.92 Å². The van der Waals surface area contributed by atoms with Gasteiger partial charge in [0.15, 0.2) is 5.82 Å². The Hall–Kier alpha value is -1.36. The zero-order chi connectivity index (χ0) is 10.8. The van der Waals surface area contributed by atoms with Crippen molar-refractivity contribution < 1.29 is 4.74 Å². The van der Waals surface area contributed by atoms with E-state index in [1.54, 1.807) is 19.5 Å². The molecule has 0 bridgehead atoms. The van der Waals surface area contributed by atoms with E-state index in [4.69, 9.17) is 10.5 Å². The third-order valence-corrected chi connectivity index (χ3v) is 2.80. The van der Waals surface area contributed by atoms with Gasteiger partial charge in [-0.2, -0.15) is 4.98 Å². The van der Waals surface area contributed by atoms with Crippen LogP contribution in [0.2, 0.25) is 0 Å². The van der Waals surface area contributed by atoms with E-state index < -0.39 is 0 Å². The predicted octanol–water partition coefficient (Wildman–Crippen LogP) is 0.269. The minimum atomic E-state index is 0.220. The van der Waals surface area contributed by atoms with E-state index in [1.807, 2.05) is 0 Å². The molecule has 1 fully saturated rings. The maximum atomic E-state index is 5.96. The number of rotatable bonds is 2. The van der Waals surface area contributed by atoms with Gasteiger partial charge >= 0.3 is 0 Å². The normalized spacial score (nSPS) is 25.7. The molecule has 1 aliphatic heterocycles. The summed E-state index contributed by atoms with van der Waals surface area (Å²) in [5.74, 6) is 1.88. The predicted molar refractivity (Wildman–Crippen MR) is 57.9 cm³/mol. The maximum Gasteiger partial charge on any atom is 0.233 e. The van der Waals surface area contributed by atoms with E-state index in [9.17, 15) is 0 Å². The molecule has 0 radical (unpaired) electrons. The fraction of sp³-hybridized carbons (Fsp3) is 0.600. The molecule has 1 aliphatic rings. The summed E-state index contributed by atoms with van der Waals surface area (Å²) >= 11 is 0. The number of aromatic nitrogens is 2. The molecular weight excluding hydrogens is 192 g/mol. The summed E-state index contributed by atoms with van der Waals surface area (Å²) in [7, 11) is 1.59. The standard InChI is InChI=1S/C10H16N4O/c1-7-5-14(6-8(7)11)9-3-12-4-10(13-9)15-2/h3-4,7-8H,5-6,11H2,1-2H3. The highest BCUT2D eigenvalue weighted by Gasteiger charge is 2.27. The Kier molecular flexibility index (Phi) is 2.73. The molecule has 0 aliphatic carbocycles. The van der Waals surface area contributed by atoms with Gasteiger partial charge in [0.1, 0.15) is 0 Å². The van der Waals surface area contributed by atoms with Gasteiger partial charge in [-0.05, 0) is 5.92 Å². The van der Waals surface area contributed by atoms with Crippen molar-refractivity contribution >= 4 is 5.82 Å². The molecule has 82 valence electrons. The zero-order valence-electron chi connectivity index (χ0n) is 9.05. The summed E-state index contributed by atoms with van der Waals surface area (Å²) in [6, 6.07) is 0.220. The van der Waals surface area contributed by atoms with Crippen LogP contribution in [0.25, 0.3) is 0 Å². The van der Waals surface area contributed by atoms with Crippen molar-refractivity contribution in [2.45, 2.75) is 13.0 Å². The van der Waals surface area contributed by atoms with Gasteiger partial charge in [0, 0.05) is 19.1 Å². The van der Waals surface area contributed by atoms with Crippen molar-refractivity contribution in [2.75, 3.05) is 25.1 Å². The fourth-order valence-electron chi connectivity index (χ4n) is 1.77. The Morgan fingerprint density at radius 1 is 1.47 bits per heavy atom. The van der Waals surface area contributed by atoms with Gasteiger partial charge in [-0.25, -0.2) is 0 Å². The Labute approximate surface area is 89.3 Å². The molecular formula is C10H16N4O. The number of hydrogen-bond donors (Lipinski definition) is 1.